The van der Waals surface area contributed by atoms with Gasteiger partial charge in [-0.15, -0.1) is 0 Å². The number of carbonyl (C=O) groups is 1. The van der Waals surface area contributed by atoms with Crippen LogP contribution in [0.3, 0.4) is 0 Å². The summed E-state index contributed by atoms with van der Waals surface area (Å²) in [5.74, 6) is -0.0144. The molecule has 0 saturated heterocycles. The molecule has 82 valence electrons. The highest BCUT2D eigenvalue weighted by atomic mass is 79.9. The van der Waals surface area contributed by atoms with Crippen LogP contribution >= 0.6 is 15.9 Å². The van der Waals surface area contributed by atoms with E-state index in [4.69, 9.17) is 0 Å². The lowest BCUT2D eigenvalue weighted by atomic mass is 10.0. The van der Waals surface area contributed by atoms with Crippen LogP contribution in [0.4, 0.5) is 0 Å². The number of rotatable bonds is 4. The zero-order chi connectivity index (χ0) is 11.3. The van der Waals surface area contributed by atoms with Gasteiger partial charge >= 0.3 is 0 Å². The SMILES string of the molecule is CCC(C)(CBr)NC(=O)c1ccccc1. The fraction of sp³-hybridized carbons (Fsp3) is 0.417. The average Bonchev–Trinajstić information content (AvgIpc) is 2.30. The molecule has 1 atom stereocenters. The minimum atomic E-state index is -0.174. The normalized spacial score (nSPS) is 14.3. The Labute approximate surface area is 99.2 Å². The van der Waals surface area contributed by atoms with Gasteiger partial charge in [0.25, 0.3) is 5.91 Å². The smallest absolute Gasteiger partial charge is 0.251 e. The van der Waals surface area contributed by atoms with E-state index < -0.39 is 0 Å². The van der Waals surface area contributed by atoms with Gasteiger partial charge in [0.05, 0.1) is 0 Å². The van der Waals surface area contributed by atoms with E-state index in [9.17, 15) is 4.79 Å². The van der Waals surface area contributed by atoms with E-state index in [0.717, 1.165) is 11.8 Å². The second-order valence-electron chi connectivity index (χ2n) is 3.87. The van der Waals surface area contributed by atoms with Crippen molar-refractivity contribution in [3.63, 3.8) is 0 Å². The summed E-state index contributed by atoms with van der Waals surface area (Å²) in [4.78, 5) is 11.8. The van der Waals surface area contributed by atoms with Crippen LogP contribution in [0.15, 0.2) is 30.3 Å². The van der Waals surface area contributed by atoms with Crippen LogP contribution < -0.4 is 5.32 Å². The van der Waals surface area contributed by atoms with Gasteiger partial charge in [0.1, 0.15) is 0 Å². The third-order valence-corrected chi connectivity index (χ3v) is 3.76. The number of alkyl halides is 1. The number of hydrogen-bond donors (Lipinski definition) is 1. The molecule has 1 rings (SSSR count). The van der Waals surface area contributed by atoms with Crippen molar-refractivity contribution in [2.75, 3.05) is 5.33 Å². The van der Waals surface area contributed by atoms with Crippen LogP contribution in [0.25, 0.3) is 0 Å². The molecule has 0 aliphatic carbocycles. The Morgan fingerprint density at radius 1 is 1.40 bits per heavy atom. The standard InChI is InChI=1S/C12H16BrNO/c1-3-12(2,9-13)14-11(15)10-7-5-4-6-8-10/h4-8H,3,9H2,1-2H3,(H,14,15). The van der Waals surface area contributed by atoms with E-state index >= 15 is 0 Å². The lowest BCUT2D eigenvalue weighted by molar-refractivity contribution is 0.0913. The maximum atomic E-state index is 11.8. The van der Waals surface area contributed by atoms with Crippen molar-refractivity contribution >= 4 is 21.8 Å². The van der Waals surface area contributed by atoms with Crippen LogP contribution in [0.5, 0.6) is 0 Å². The molecule has 0 radical (unpaired) electrons. The van der Waals surface area contributed by atoms with Crippen molar-refractivity contribution in [1.29, 1.82) is 0 Å². The van der Waals surface area contributed by atoms with E-state index in [1.807, 2.05) is 37.3 Å². The summed E-state index contributed by atoms with van der Waals surface area (Å²) in [5.41, 5.74) is 0.533. The second-order valence-corrected chi connectivity index (χ2v) is 4.43. The van der Waals surface area contributed by atoms with Crippen LogP contribution in [-0.2, 0) is 0 Å². The summed E-state index contributed by atoms with van der Waals surface area (Å²) >= 11 is 3.42. The van der Waals surface area contributed by atoms with Crippen molar-refractivity contribution in [2.45, 2.75) is 25.8 Å². The molecule has 0 aromatic heterocycles. The van der Waals surface area contributed by atoms with Crippen LogP contribution in [0.1, 0.15) is 30.6 Å². The first-order chi connectivity index (χ1) is 7.11. The summed E-state index contributed by atoms with van der Waals surface area (Å²) in [6.07, 6.45) is 0.900. The molecule has 0 spiro atoms. The molecule has 3 heteroatoms. The van der Waals surface area contributed by atoms with Gasteiger partial charge in [-0.05, 0) is 25.5 Å². The van der Waals surface area contributed by atoms with Gasteiger partial charge in [0, 0.05) is 16.4 Å². The van der Waals surface area contributed by atoms with E-state index in [1.54, 1.807) is 0 Å². The van der Waals surface area contributed by atoms with Crippen molar-refractivity contribution in [3.8, 4) is 0 Å². The maximum Gasteiger partial charge on any atom is 0.251 e. The first kappa shape index (κ1) is 12.2. The quantitative estimate of drug-likeness (QED) is 0.837. The fourth-order valence-corrected chi connectivity index (χ4v) is 1.69. The Bertz CT molecular complexity index is 320. The van der Waals surface area contributed by atoms with Crippen molar-refractivity contribution in [1.82, 2.24) is 5.32 Å². The summed E-state index contributed by atoms with van der Waals surface area (Å²) in [7, 11) is 0. The minimum Gasteiger partial charge on any atom is -0.346 e. The predicted molar refractivity (Wildman–Crippen MR) is 66.4 cm³/mol. The first-order valence-electron chi connectivity index (χ1n) is 5.05. The fourth-order valence-electron chi connectivity index (χ4n) is 1.15. The highest BCUT2D eigenvalue weighted by molar-refractivity contribution is 9.09. The molecule has 1 aromatic carbocycles. The van der Waals surface area contributed by atoms with Crippen LogP contribution in [0.2, 0.25) is 0 Å². The van der Waals surface area contributed by atoms with E-state index in [0.29, 0.717) is 5.56 Å². The van der Waals surface area contributed by atoms with Gasteiger partial charge in [-0.3, -0.25) is 4.79 Å². The molecule has 1 aromatic rings. The molecule has 1 amide bonds. The van der Waals surface area contributed by atoms with Gasteiger partial charge in [-0.1, -0.05) is 41.1 Å². The molecule has 0 saturated carbocycles. The Morgan fingerprint density at radius 2 is 2.00 bits per heavy atom. The van der Waals surface area contributed by atoms with Crippen molar-refractivity contribution in [2.24, 2.45) is 0 Å². The molecule has 0 fully saturated rings. The first-order valence-corrected chi connectivity index (χ1v) is 6.17. The second kappa shape index (κ2) is 5.31. The highest BCUT2D eigenvalue weighted by Gasteiger charge is 2.23. The molecule has 0 bridgehead atoms. The summed E-state index contributed by atoms with van der Waals surface area (Å²) < 4.78 is 0. The van der Waals surface area contributed by atoms with E-state index in [2.05, 4.69) is 28.2 Å². The number of amides is 1. The zero-order valence-corrected chi connectivity index (χ0v) is 10.7. The molecule has 15 heavy (non-hydrogen) atoms. The molecule has 1 N–H and O–H groups in total. The largest absolute Gasteiger partial charge is 0.346 e. The Balaban J connectivity index is 2.72. The van der Waals surface area contributed by atoms with Crippen LogP contribution in [0, 0.1) is 0 Å². The van der Waals surface area contributed by atoms with E-state index in [-0.39, 0.29) is 11.4 Å². The number of nitrogens with one attached hydrogen (secondary N) is 1. The van der Waals surface area contributed by atoms with Gasteiger partial charge in [0.15, 0.2) is 0 Å². The molecule has 2 nitrogen and oxygen atoms in total. The summed E-state index contributed by atoms with van der Waals surface area (Å²) in [6, 6.07) is 9.28. The Kier molecular flexibility index (Phi) is 4.33. The van der Waals surface area contributed by atoms with Gasteiger partial charge < -0.3 is 5.32 Å². The predicted octanol–water partition coefficient (Wildman–Crippen LogP) is 2.98. The van der Waals surface area contributed by atoms with Crippen LogP contribution in [-0.4, -0.2) is 16.8 Å². The Hall–Kier alpha value is -0.830. The molecule has 0 aliphatic rings. The molecular weight excluding hydrogens is 254 g/mol. The number of halogens is 1. The third kappa shape index (κ3) is 3.34. The number of benzene rings is 1. The van der Waals surface area contributed by atoms with Crippen molar-refractivity contribution in [3.05, 3.63) is 35.9 Å². The minimum absolute atomic E-state index is 0.0144. The lowest BCUT2D eigenvalue weighted by Gasteiger charge is -2.27. The molecule has 0 aliphatic heterocycles. The topological polar surface area (TPSA) is 29.1 Å². The number of carbonyl (C=O) groups excluding carboxylic acids is 1. The lowest BCUT2D eigenvalue weighted by Crippen LogP contribution is -2.46. The van der Waals surface area contributed by atoms with E-state index in [1.165, 1.54) is 0 Å². The number of hydrogen-bond acceptors (Lipinski definition) is 1. The Morgan fingerprint density at radius 3 is 2.47 bits per heavy atom. The summed E-state index contributed by atoms with van der Waals surface area (Å²) in [6.45, 7) is 4.09. The molecule has 1 unspecified atom stereocenters. The average molecular weight is 270 g/mol. The monoisotopic (exact) mass is 269 g/mol. The zero-order valence-electron chi connectivity index (χ0n) is 9.09. The molecular formula is C12H16BrNO. The third-order valence-electron chi connectivity index (χ3n) is 2.53. The molecule has 0 heterocycles. The summed E-state index contributed by atoms with van der Waals surface area (Å²) in [5, 5.41) is 3.78. The maximum absolute atomic E-state index is 11.8. The van der Waals surface area contributed by atoms with Gasteiger partial charge in [-0.2, -0.15) is 0 Å². The van der Waals surface area contributed by atoms with Crippen molar-refractivity contribution < 1.29 is 4.79 Å². The highest BCUT2D eigenvalue weighted by Crippen LogP contribution is 2.13. The van der Waals surface area contributed by atoms with Gasteiger partial charge in [0.2, 0.25) is 0 Å². The van der Waals surface area contributed by atoms with Gasteiger partial charge in [-0.25, -0.2) is 0 Å².